The molecule has 2 rings (SSSR count). The summed E-state index contributed by atoms with van der Waals surface area (Å²) in [5, 5.41) is 8.84. The van der Waals surface area contributed by atoms with Crippen molar-refractivity contribution in [3.8, 4) is 6.07 Å². The summed E-state index contributed by atoms with van der Waals surface area (Å²) < 4.78 is 0. The fraction of sp³-hybridized carbons (Fsp3) is 0.545. The van der Waals surface area contributed by atoms with Crippen molar-refractivity contribution in [3.63, 3.8) is 0 Å². The van der Waals surface area contributed by atoms with E-state index in [1.54, 1.807) is 6.07 Å². The van der Waals surface area contributed by atoms with E-state index in [-0.39, 0.29) is 0 Å². The maximum Gasteiger partial charge on any atom is 0.227 e. The number of hydrogen-bond acceptors (Lipinski definition) is 4. The van der Waals surface area contributed by atoms with E-state index >= 15 is 0 Å². The predicted molar refractivity (Wildman–Crippen MR) is 57.5 cm³/mol. The molecule has 1 unspecified atom stereocenters. The van der Waals surface area contributed by atoms with Crippen molar-refractivity contribution < 1.29 is 0 Å². The molecular formula is C11H14N4. The van der Waals surface area contributed by atoms with Gasteiger partial charge in [0.15, 0.2) is 0 Å². The van der Waals surface area contributed by atoms with Gasteiger partial charge < -0.3 is 4.90 Å². The fourth-order valence-corrected chi connectivity index (χ4v) is 1.97. The van der Waals surface area contributed by atoms with Crippen molar-refractivity contribution in [2.24, 2.45) is 0 Å². The SMILES string of the molecule is Cc1cc(C#N)nc(N2CCCC2C)n1. The molecule has 1 aromatic heterocycles. The average molecular weight is 202 g/mol. The minimum Gasteiger partial charge on any atom is -0.338 e. The molecule has 15 heavy (non-hydrogen) atoms. The maximum atomic E-state index is 8.84. The van der Waals surface area contributed by atoms with Gasteiger partial charge in [0.25, 0.3) is 0 Å². The topological polar surface area (TPSA) is 52.8 Å². The Bertz CT molecular complexity index is 408. The lowest BCUT2D eigenvalue weighted by atomic mass is 10.2. The zero-order valence-corrected chi connectivity index (χ0v) is 9.06. The van der Waals surface area contributed by atoms with Gasteiger partial charge in [-0.25, -0.2) is 9.97 Å². The Morgan fingerprint density at radius 3 is 2.93 bits per heavy atom. The zero-order chi connectivity index (χ0) is 10.8. The van der Waals surface area contributed by atoms with Crippen molar-refractivity contribution in [1.29, 1.82) is 5.26 Å². The van der Waals surface area contributed by atoms with E-state index in [2.05, 4.69) is 27.9 Å². The molecule has 0 amide bonds. The van der Waals surface area contributed by atoms with Crippen LogP contribution < -0.4 is 4.90 Å². The lowest BCUT2D eigenvalue weighted by Gasteiger charge is -2.21. The van der Waals surface area contributed by atoms with Gasteiger partial charge in [-0.05, 0) is 32.8 Å². The first-order valence-corrected chi connectivity index (χ1v) is 5.23. The highest BCUT2D eigenvalue weighted by atomic mass is 15.3. The van der Waals surface area contributed by atoms with Crippen LogP contribution in [0.25, 0.3) is 0 Å². The molecule has 0 saturated carbocycles. The molecule has 1 fully saturated rings. The molecule has 0 aromatic carbocycles. The van der Waals surface area contributed by atoms with Gasteiger partial charge in [-0.3, -0.25) is 0 Å². The molecule has 78 valence electrons. The molecular weight excluding hydrogens is 188 g/mol. The third-order valence-corrected chi connectivity index (χ3v) is 2.77. The lowest BCUT2D eigenvalue weighted by molar-refractivity contribution is 0.714. The van der Waals surface area contributed by atoms with E-state index in [4.69, 9.17) is 5.26 Å². The molecule has 1 aliphatic rings. The molecule has 1 saturated heterocycles. The maximum absolute atomic E-state index is 8.84. The predicted octanol–water partition coefficient (Wildman–Crippen LogP) is 1.65. The number of aromatic nitrogens is 2. The van der Waals surface area contributed by atoms with Crippen LogP contribution in [-0.4, -0.2) is 22.6 Å². The first-order chi connectivity index (χ1) is 7.20. The quantitative estimate of drug-likeness (QED) is 0.694. The van der Waals surface area contributed by atoms with Crippen LogP contribution in [0.5, 0.6) is 0 Å². The van der Waals surface area contributed by atoms with Crippen molar-refractivity contribution in [2.45, 2.75) is 32.7 Å². The van der Waals surface area contributed by atoms with Crippen molar-refractivity contribution in [2.75, 3.05) is 11.4 Å². The molecule has 0 radical (unpaired) electrons. The van der Waals surface area contributed by atoms with Crippen molar-refractivity contribution in [1.82, 2.24) is 9.97 Å². The summed E-state index contributed by atoms with van der Waals surface area (Å²) >= 11 is 0. The van der Waals surface area contributed by atoms with Crippen LogP contribution in [0.1, 0.15) is 31.2 Å². The summed E-state index contributed by atoms with van der Waals surface area (Å²) in [5.41, 5.74) is 1.31. The highest BCUT2D eigenvalue weighted by molar-refractivity contribution is 5.37. The Kier molecular flexibility index (Phi) is 2.55. The van der Waals surface area contributed by atoms with Crippen LogP contribution in [-0.2, 0) is 0 Å². The molecule has 1 aliphatic heterocycles. The van der Waals surface area contributed by atoms with Gasteiger partial charge in [0, 0.05) is 18.3 Å². The number of aryl methyl sites for hydroxylation is 1. The first kappa shape index (κ1) is 9.91. The minimum absolute atomic E-state index is 0.455. The van der Waals surface area contributed by atoms with Gasteiger partial charge in [-0.15, -0.1) is 0 Å². The third kappa shape index (κ3) is 1.91. The number of hydrogen-bond donors (Lipinski definition) is 0. The van der Waals surface area contributed by atoms with Crippen LogP contribution in [0, 0.1) is 18.3 Å². The number of nitrogens with zero attached hydrogens (tertiary/aromatic N) is 4. The highest BCUT2D eigenvalue weighted by Gasteiger charge is 2.23. The number of rotatable bonds is 1. The molecule has 4 nitrogen and oxygen atoms in total. The van der Waals surface area contributed by atoms with Gasteiger partial charge >= 0.3 is 0 Å². The largest absolute Gasteiger partial charge is 0.338 e. The summed E-state index contributed by atoms with van der Waals surface area (Å²) in [6.07, 6.45) is 2.36. The van der Waals surface area contributed by atoms with Crippen molar-refractivity contribution >= 4 is 5.95 Å². The number of nitriles is 1. The van der Waals surface area contributed by atoms with Crippen molar-refractivity contribution in [3.05, 3.63) is 17.5 Å². The molecule has 4 heteroatoms. The molecule has 1 aromatic rings. The second-order valence-electron chi connectivity index (χ2n) is 3.99. The summed E-state index contributed by atoms with van der Waals surface area (Å²) in [6, 6.07) is 4.27. The van der Waals surface area contributed by atoms with Gasteiger partial charge in [0.05, 0.1) is 0 Å². The first-order valence-electron chi connectivity index (χ1n) is 5.23. The Hall–Kier alpha value is -1.63. The Balaban J connectivity index is 2.36. The van der Waals surface area contributed by atoms with Crippen LogP contribution >= 0.6 is 0 Å². The number of anilines is 1. The second kappa shape index (κ2) is 3.85. The average Bonchev–Trinajstić information content (AvgIpc) is 2.63. The standard InChI is InChI=1S/C11H14N4/c1-8-6-10(7-12)14-11(13-8)15-5-3-4-9(15)2/h6,9H,3-5H2,1-2H3. The summed E-state index contributed by atoms with van der Waals surface area (Å²) in [7, 11) is 0. The van der Waals surface area contributed by atoms with Gasteiger partial charge in [-0.1, -0.05) is 0 Å². The molecule has 0 aliphatic carbocycles. The third-order valence-electron chi connectivity index (χ3n) is 2.77. The Labute approximate surface area is 89.6 Å². The summed E-state index contributed by atoms with van der Waals surface area (Å²) in [4.78, 5) is 10.8. The second-order valence-corrected chi connectivity index (χ2v) is 3.99. The monoisotopic (exact) mass is 202 g/mol. The Morgan fingerprint density at radius 2 is 2.33 bits per heavy atom. The van der Waals surface area contributed by atoms with Crippen LogP contribution in [0.2, 0.25) is 0 Å². The van der Waals surface area contributed by atoms with E-state index < -0.39 is 0 Å². The van der Waals surface area contributed by atoms with E-state index in [1.807, 2.05) is 6.92 Å². The zero-order valence-electron chi connectivity index (χ0n) is 9.06. The molecule has 2 heterocycles. The summed E-state index contributed by atoms with van der Waals surface area (Å²) in [6.45, 7) is 5.06. The van der Waals surface area contributed by atoms with E-state index in [0.29, 0.717) is 17.7 Å². The summed E-state index contributed by atoms with van der Waals surface area (Å²) in [5.74, 6) is 0.705. The van der Waals surface area contributed by atoms with Crippen LogP contribution in [0.3, 0.4) is 0 Å². The fourth-order valence-electron chi connectivity index (χ4n) is 1.97. The van der Waals surface area contributed by atoms with E-state index in [1.165, 1.54) is 12.8 Å². The van der Waals surface area contributed by atoms with Gasteiger partial charge in [0.2, 0.25) is 5.95 Å². The van der Waals surface area contributed by atoms with E-state index in [9.17, 15) is 0 Å². The minimum atomic E-state index is 0.455. The van der Waals surface area contributed by atoms with E-state index in [0.717, 1.165) is 12.2 Å². The highest BCUT2D eigenvalue weighted by Crippen LogP contribution is 2.22. The van der Waals surface area contributed by atoms with Gasteiger partial charge in [0.1, 0.15) is 11.8 Å². The van der Waals surface area contributed by atoms with Gasteiger partial charge in [-0.2, -0.15) is 5.26 Å². The van der Waals surface area contributed by atoms with Crippen LogP contribution in [0.4, 0.5) is 5.95 Å². The molecule has 1 atom stereocenters. The molecule has 0 bridgehead atoms. The normalized spacial score (nSPS) is 20.3. The van der Waals surface area contributed by atoms with Crippen LogP contribution in [0.15, 0.2) is 6.07 Å². The molecule has 0 spiro atoms. The smallest absolute Gasteiger partial charge is 0.227 e. The Morgan fingerprint density at radius 1 is 1.53 bits per heavy atom. The lowest BCUT2D eigenvalue weighted by Crippen LogP contribution is -2.28. The molecule has 0 N–H and O–H groups in total.